The Bertz CT molecular complexity index is 216. The molecule has 0 saturated carbocycles. The largest absolute Gasteiger partial charge is 0.359 e. The lowest BCUT2D eigenvalue weighted by Crippen LogP contribution is -2.55. The van der Waals surface area contributed by atoms with Crippen molar-refractivity contribution in [3.63, 3.8) is 0 Å². The van der Waals surface area contributed by atoms with E-state index in [2.05, 4.69) is 36.3 Å². The summed E-state index contributed by atoms with van der Waals surface area (Å²) < 4.78 is 0. The van der Waals surface area contributed by atoms with Crippen LogP contribution in [-0.4, -0.2) is 49.6 Å². The van der Waals surface area contributed by atoms with E-state index < -0.39 is 0 Å². The van der Waals surface area contributed by atoms with Gasteiger partial charge in [-0.3, -0.25) is 4.79 Å². The summed E-state index contributed by atoms with van der Waals surface area (Å²) in [5.41, 5.74) is 0.186. The van der Waals surface area contributed by atoms with Gasteiger partial charge in [-0.2, -0.15) is 0 Å². The number of nitrogens with zero attached hydrogens (tertiary/aromatic N) is 1. The first-order valence-corrected chi connectivity index (χ1v) is 5.61. The van der Waals surface area contributed by atoms with E-state index >= 15 is 0 Å². The van der Waals surface area contributed by atoms with Crippen LogP contribution in [-0.2, 0) is 4.79 Å². The molecule has 0 aliphatic carbocycles. The first-order valence-electron chi connectivity index (χ1n) is 5.61. The summed E-state index contributed by atoms with van der Waals surface area (Å²) in [5, 5.41) is 6.12. The van der Waals surface area contributed by atoms with E-state index in [4.69, 9.17) is 0 Å². The molecule has 0 unspecified atom stereocenters. The highest BCUT2D eigenvalue weighted by Gasteiger charge is 2.31. The first kappa shape index (κ1) is 12.5. The minimum absolute atomic E-state index is 0.176. The van der Waals surface area contributed by atoms with Crippen LogP contribution >= 0.6 is 0 Å². The number of nitrogens with one attached hydrogen (secondary N) is 2. The number of amides is 1. The Balaban J connectivity index is 2.06. The lowest BCUT2D eigenvalue weighted by Gasteiger charge is -2.38. The van der Waals surface area contributed by atoms with E-state index in [9.17, 15) is 4.79 Å². The normalized spacial score (nSPS) is 18.7. The molecule has 0 radical (unpaired) electrons. The van der Waals surface area contributed by atoms with Crippen molar-refractivity contribution in [2.75, 3.05) is 33.2 Å². The van der Waals surface area contributed by atoms with Gasteiger partial charge in [0.05, 0.1) is 5.92 Å². The molecule has 1 saturated heterocycles. The van der Waals surface area contributed by atoms with Gasteiger partial charge in [-0.15, -0.1) is 0 Å². The fourth-order valence-corrected chi connectivity index (χ4v) is 1.71. The van der Waals surface area contributed by atoms with Gasteiger partial charge in [0.25, 0.3) is 0 Å². The zero-order chi connectivity index (χ0) is 11.5. The number of rotatable bonds is 4. The van der Waals surface area contributed by atoms with Gasteiger partial charge in [-0.25, -0.2) is 0 Å². The van der Waals surface area contributed by atoms with Gasteiger partial charge in [0.15, 0.2) is 0 Å². The van der Waals surface area contributed by atoms with Crippen molar-refractivity contribution < 1.29 is 4.79 Å². The summed E-state index contributed by atoms with van der Waals surface area (Å²) in [7, 11) is 1.70. The molecule has 0 bridgehead atoms. The molecule has 4 heteroatoms. The van der Waals surface area contributed by atoms with E-state index in [1.807, 2.05) is 0 Å². The molecule has 0 aromatic carbocycles. The van der Waals surface area contributed by atoms with Gasteiger partial charge in [0, 0.05) is 38.8 Å². The predicted octanol–water partition coefficient (Wildman–Crippen LogP) is 0.0523. The van der Waals surface area contributed by atoms with Crippen LogP contribution in [0.15, 0.2) is 0 Å². The standard InChI is InChI=1S/C11H23N3O/c1-11(2,3)13-5-6-14-7-9(8-14)10(15)12-4/h9,13H,5-8H2,1-4H3,(H,12,15). The highest BCUT2D eigenvalue weighted by atomic mass is 16.1. The third-order valence-electron chi connectivity index (χ3n) is 2.66. The van der Waals surface area contributed by atoms with Gasteiger partial charge in [-0.05, 0) is 20.8 Å². The van der Waals surface area contributed by atoms with Crippen LogP contribution in [0.4, 0.5) is 0 Å². The number of likely N-dealkylation sites (tertiary alicyclic amines) is 1. The quantitative estimate of drug-likeness (QED) is 0.694. The average molecular weight is 213 g/mol. The first-order chi connectivity index (χ1) is 6.92. The Kier molecular flexibility index (Phi) is 4.11. The highest BCUT2D eigenvalue weighted by molar-refractivity contribution is 5.79. The number of carbonyl (C=O) groups is 1. The third kappa shape index (κ3) is 4.18. The van der Waals surface area contributed by atoms with Crippen molar-refractivity contribution >= 4 is 5.91 Å². The minimum atomic E-state index is 0.176. The summed E-state index contributed by atoms with van der Waals surface area (Å²) in [5.74, 6) is 0.389. The Hall–Kier alpha value is -0.610. The van der Waals surface area contributed by atoms with Crippen molar-refractivity contribution in [2.24, 2.45) is 5.92 Å². The molecule has 1 aliphatic rings. The summed E-state index contributed by atoms with van der Waals surface area (Å²) in [6.07, 6.45) is 0. The van der Waals surface area contributed by atoms with Crippen molar-refractivity contribution in [3.8, 4) is 0 Å². The van der Waals surface area contributed by atoms with Gasteiger partial charge < -0.3 is 15.5 Å². The lowest BCUT2D eigenvalue weighted by molar-refractivity contribution is -0.129. The fourth-order valence-electron chi connectivity index (χ4n) is 1.71. The number of carbonyl (C=O) groups excluding carboxylic acids is 1. The molecule has 1 aliphatic heterocycles. The van der Waals surface area contributed by atoms with Crippen LogP contribution < -0.4 is 10.6 Å². The molecule has 2 N–H and O–H groups in total. The summed E-state index contributed by atoms with van der Waals surface area (Å²) in [6, 6.07) is 0. The molecule has 1 heterocycles. The summed E-state index contributed by atoms with van der Waals surface area (Å²) >= 11 is 0. The molecule has 4 nitrogen and oxygen atoms in total. The lowest BCUT2D eigenvalue weighted by atomic mass is 9.99. The van der Waals surface area contributed by atoms with E-state index in [1.165, 1.54) is 0 Å². The zero-order valence-electron chi connectivity index (χ0n) is 10.3. The maximum Gasteiger partial charge on any atom is 0.225 e. The third-order valence-corrected chi connectivity index (χ3v) is 2.66. The van der Waals surface area contributed by atoms with E-state index in [0.29, 0.717) is 0 Å². The Morgan fingerprint density at radius 1 is 1.40 bits per heavy atom. The van der Waals surface area contributed by atoms with Crippen molar-refractivity contribution in [1.29, 1.82) is 0 Å². The number of hydrogen-bond acceptors (Lipinski definition) is 3. The highest BCUT2D eigenvalue weighted by Crippen LogP contribution is 2.14. The molecular weight excluding hydrogens is 190 g/mol. The smallest absolute Gasteiger partial charge is 0.225 e. The van der Waals surface area contributed by atoms with Crippen molar-refractivity contribution in [1.82, 2.24) is 15.5 Å². The maximum atomic E-state index is 11.2. The molecule has 0 aromatic heterocycles. The summed E-state index contributed by atoms with van der Waals surface area (Å²) in [6.45, 7) is 10.3. The van der Waals surface area contributed by atoms with Gasteiger partial charge in [-0.1, -0.05) is 0 Å². The number of hydrogen-bond donors (Lipinski definition) is 2. The van der Waals surface area contributed by atoms with Gasteiger partial charge >= 0.3 is 0 Å². The molecule has 0 atom stereocenters. The zero-order valence-corrected chi connectivity index (χ0v) is 10.3. The molecule has 1 rings (SSSR count). The van der Waals surface area contributed by atoms with E-state index in [0.717, 1.165) is 26.2 Å². The fraction of sp³-hybridized carbons (Fsp3) is 0.909. The second-order valence-electron chi connectivity index (χ2n) is 5.25. The van der Waals surface area contributed by atoms with Crippen LogP contribution in [0.25, 0.3) is 0 Å². The Labute approximate surface area is 92.4 Å². The molecule has 0 aromatic rings. The van der Waals surface area contributed by atoms with Crippen LogP contribution in [0, 0.1) is 5.92 Å². The maximum absolute atomic E-state index is 11.2. The van der Waals surface area contributed by atoms with Crippen LogP contribution in [0.2, 0.25) is 0 Å². The Morgan fingerprint density at radius 2 is 2.00 bits per heavy atom. The molecule has 1 fully saturated rings. The van der Waals surface area contributed by atoms with Crippen LogP contribution in [0.1, 0.15) is 20.8 Å². The summed E-state index contributed by atoms with van der Waals surface area (Å²) in [4.78, 5) is 13.5. The van der Waals surface area contributed by atoms with Crippen molar-refractivity contribution in [3.05, 3.63) is 0 Å². The molecule has 1 amide bonds. The average Bonchev–Trinajstić information content (AvgIpc) is 2.06. The topological polar surface area (TPSA) is 44.4 Å². The minimum Gasteiger partial charge on any atom is -0.359 e. The predicted molar refractivity (Wildman–Crippen MR) is 61.8 cm³/mol. The molecule has 0 spiro atoms. The monoisotopic (exact) mass is 213 g/mol. The molecule has 15 heavy (non-hydrogen) atoms. The van der Waals surface area contributed by atoms with Gasteiger partial charge in [0.1, 0.15) is 0 Å². The van der Waals surface area contributed by atoms with E-state index in [1.54, 1.807) is 7.05 Å². The second-order valence-corrected chi connectivity index (χ2v) is 5.25. The Morgan fingerprint density at radius 3 is 2.47 bits per heavy atom. The van der Waals surface area contributed by atoms with E-state index in [-0.39, 0.29) is 17.4 Å². The molecular formula is C11H23N3O. The van der Waals surface area contributed by atoms with Crippen LogP contribution in [0.3, 0.4) is 0 Å². The second kappa shape index (κ2) is 4.94. The van der Waals surface area contributed by atoms with Gasteiger partial charge in [0.2, 0.25) is 5.91 Å². The molecule has 88 valence electrons. The SMILES string of the molecule is CNC(=O)C1CN(CCNC(C)(C)C)C1. The van der Waals surface area contributed by atoms with Crippen molar-refractivity contribution in [2.45, 2.75) is 26.3 Å². The van der Waals surface area contributed by atoms with Crippen LogP contribution in [0.5, 0.6) is 0 Å².